The van der Waals surface area contributed by atoms with E-state index in [9.17, 15) is 0 Å². The highest BCUT2D eigenvalue weighted by Gasteiger charge is 2.08. The molecule has 1 unspecified atom stereocenters. The van der Waals surface area contributed by atoms with Gasteiger partial charge < -0.3 is 10.1 Å². The first kappa shape index (κ1) is 12.4. The zero-order valence-corrected chi connectivity index (χ0v) is 10.4. The average molecular weight is 229 g/mol. The van der Waals surface area contributed by atoms with Crippen LogP contribution in [0.3, 0.4) is 0 Å². The summed E-state index contributed by atoms with van der Waals surface area (Å²) in [5.74, 6) is 0. The van der Waals surface area contributed by atoms with Crippen molar-refractivity contribution in [3.63, 3.8) is 0 Å². The molecule has 0 spiro atoms. The molecule has 1 atom stereocenters. The molecule has 0 aliphatic rings. The van der Waals surface area contributed by atoms with E-state index in [1.807, 2.05) is 0 Å². The van der Waals surface area contributed by atoms with Gasteiger partial charge in [-0.2, -0.15) is 0 Å². The Hall–Kier alpha value is -0.680. The fraction of sp³-hybridized carbons (Fsp3) is 0.800. The molecular weight excluding hydrogens is 210 g/mol. The van der Waals surface area contributed by atoms with Crippen LogP contribution in [0.25, 0.3) is 0 Å². The lowest BCUT2D eigenvalue weighted by atomic mass is 10.2. The Kier molecular flexibility index (Phi) is 5.57. The van der Waals surface area contributed by atoms with Gasteiger partial charge >= 0.3 is 0 Å². The molecular formula is C10H19N3OS. The van der Waals surface area contributed by atoms with Crippen LogP contribution in [0.15, 0.2) is 0 Å². The number of hydrogen-bond donors (Lipinski definition) is 1. The first-order valence-electron chi connectivity index (χ1n) is 5.44. The molecule has 4 nitrogen and oxygen atoms in total. The third-order valence-electron chi connectivity index (χ3n) is 2.09. The molecule has 0 aliphatic carbocycles. The topological polar surface area (TPSA) is 47.0 Å². The Balaban J connectivity index is 2.39. The van der Waals surface area contributed by atoms with E-state index in [1.165, 1.54) is 11.5 Å². The lowest BCUT2D eigenvalue weighted by Gasteiger charge is -2.11. The van der Waals surface area contributed by atoms with E-state index in [2.05, 4.69) is 35.7 Å². The second kappa shape index (κ2) is 6.74. The number of ether oxygens (including phenoxy) is 1. The summed E-state index contributed by atoms with van der Waals surface area (Å²) in [5, 5.41) is 8.30. The highest BCUT2D eigenvalue weighted by Crippen LogP contribution is 2.18. The number of hydrogen-bond acceptors (Lipinski definition) is 5. The molecule has 0 saturated heterocycles. The fourth-order valence-corrected chi connectivity index (χ4v) is 1.94. The molecule has 0 amide bonds. The molecule has 0 aliphatic heterocycles. The van der Waals surface area contributed by atoms with Crippen LogP contribution in [0.4, 0.5) is 5.00 Å². The molecule has 0 aromatic carbocycles. The third kappa shape index (κ3) is 4.13. The van der Waals surface area contributed by atoms with Crippen molar-refractivity contribution in [3.8, 4) is 0 Å². The van der Waals surface area contributed by atoms with Gasteiger partial charge in [-0.05, 0) is 20.3 Å². The molecule has 1 aromatic rings. The van der Waals surface area contributed by atoms with Crippen molar-refractivity contribution in [2.24, 2.45) is 0 Å². The second-order valence-corrected chi connectivity index (χ2v) is 4.24. The fourth-order valence-electron chi connectivity index (χ4n) is 1.31. The molecule has 1 heterocycles. The first-order valence-corrected chi connectivity index (χ1v) is 6.21. The van der Waals surface area contributed by atoms with Crippen molar-refractivity contribution in [2.45, 2.75) is 46.3 Å². The van der Waals surface area contributed by atoms with Crippen LogP contribution < -0.4 is 5.32 Å². The van der Waals surface area contributed by atoms with E-state index in [0.29, 0.717) is 12.7 Å². The molecule has 1 aromatic heterocycles. The predicted molar refractivity (Wildman–Crippen MR) is 63.2 cm³/mol. The summed E-state index contributed by atoms with van der Waals surface area (Å²) in [5.41, 5.74) is 0.921. The molecule has 0 bridgehead atoms. The van der Waals surface area contributed by atoms with E-state index < -0.39 is 0 Å². The molecule has 0 fully saturated rings. The monoisotopic (exact) mass is 229 g/mol. The Morgan fingerprint density at radius 1 is 1.47 bits per heavy atom. The third-order valence-corrected chi connectivity index (χ3v) is 2.82. The lowest BCUT2D eigenvalue weighted by molar-refractivity contribution is 0.0455. The van der Waals surface area contributed by atoms with Gasteiger partial charge in [0, 0.05) is 18.1 Å². The van der Waals surface area contributed by atoms with Crippen LogP contribution in [0.1, 0.15) is 39.3 Å². The smallest absolute Gasteiger partial charge is 0.135 e. The van der Waals surface area contributed by atoms with Crippen molar-refractivity contribution in [3.05, 3.63) is 5.69 Å². The molecule has 1 N–H and O–H groups in total. The van der Waals surface area contributed by atoms with Crippen LogP contribution >= 0.6 is 11.5 Å². The summed E-state index contributed by atoms with van der Waals surface area (Å²) < 4.78 is 9.59. The van der Waals surface area contributed by atoms with Crippen LogP contribution in [-0.4, -0.2) is 22.2 Å². The standard InChI is InChI=1S/C10H19N3OS/c1-4-6-8(3)14-7-9-10(11-5-2)15-13-12-9/h8,11H,4-7H2,1-3H3. The zero-order chi connectivity index (χ0) is 11.1. The minimum Gasteiger partial charge on any atom is -0.374 e. The number of rotatable bonds is 7. The largest absolute Gasteiger partial charge is 0.374 e. The van der Waals surface area contributed by atoms with E-state index in [-0.39, 0.29) is 0 Å². The van der Waals surface area contributed by atoms with Gasteiger partial charge in [-0.3, -0.25) is 0 Å². The molecule has 0 saturated carbocycles. The molecule has 0 radical (unpaired) electrons. The Labute approximate surface area is 95.2 Å². The van der Waals surface area contributed by atoms with Crippen molar-refractivity contribution in [2.75, 3.05) is 11.9 Å². The van der Waals surface area contributed by atoms with Gasteiger partial charge in [0.15, 0.2) is 0 Å². The Morgan fingerprint density at radius 3 is 2.93 bits per heavy atom. The van der Waals surface area contributed by atoms with Gasteiger partial charge in [-0.25, -0.2) is 0 Å². The van der Waals surface area contributed by atoms with E-state index >= 15 is 0 Å². The normalized spacial score (nSPS) is 12.7. The van der Waals surface area contributed by atoms with Crippen molar-refractivity contribution < 1.29 is 4.74 Å². The lowest BCUT2D eigenvalue weighted by Crippen LogP contribution is -2.09. The summed E-state index contributed by atoms with van der Waals surface area (Å²) in [6, 6.07) is 0. The maximum atomic E-state index is 5.68. The minimum atomic E-state index is 0.297. The van der Waals surface area contributed by atoms with E-state index in [1.54, 1.807) is 0 Å². The van der Waals surface area contributed by atoms with Gasteiger partial charge in [0.05, 0.1) is 12.7 Å². The Bertz CT molecular complexity index is 277. The van der Waals surface area contributed by atoms with Gasteiger partial charge in [-0.15, -0.1) is 5.10 Å². The quantitative estimate of drug-likeness (QED) is 0.781. The number of nitrogens with zero attached hydrogens (tertiary/aromatic N) is 2. The summed E-state index contributed by atoms with van der Waals surface area (Å²) in [6.45, 7) is 7.76. The van der Waals surface area contributed by atoms with E-state index in [4.69, 9.17) is 4.74 Å². The Morgan fingerprint density at radius 2 is 2.27 bits per heavy atom. The van der Waals surface area contributed by atoms with E-state index in [0.717, 1.165) is 30.1 Å². The zero-order valence-electron chi connectivity index (χ0n) is 9.62. The number of aromatic nitrogens is 2. The van der Waals surface area contributed by atoms with Crippen molar-refractivity contribution in [1.82, 2.24) is 9.59 Å². The minimum absolute atomic E-state index is 0.297. The van der Waals surface area contributed by atoms with Crippen molar-refractivity contribution >= 4 is 16.5 Å². The SMILES string of the molecule is CCCC(C)OCc1nnsc1NCC. The van der Waals surface area contributed by atoms with Gasteiger partial charge in [0.25, 0.3) is 0 Å². The van der Waals surface area contributed by atoms with Crippen LogP contribution in [0.5, 0.6) is 0 Å². The van der Waals surface area contributed by atoms with Gasteiger partial charge in [0.2, 0.25) is 0 Å². The average Bonchev–Trinajstić information content (AvgIpc) is 2.64. The van der Waals surface area contributed by atoms with Crippen molar-refractivity contribution in [1.29, 1.82) is 0 Å². The maximum absolute atomic E-state index is 5.68. The summed E-state index contributed by atoms with van der Waals surface area (Å²) in [7, 11) is 0. The number of nitrogens with one attached hydrogen (secondary N) is 1. The second-order valence-electron chi connectivity index (χ2n) is 3.49. The molecule has 1 rings (SSSR count). The molecule has 86 valence electrons. The number of anilines is 1. The molecule has 15 heavy (non-hydrogen) atoms. The van der Waals surface area contributed by atoms with Gasteiger partial charge in [0.1, 0.15) is 10.7 Å². The van der Waals surface area contributed by atoms with Crippen LogP contribution in [-0.2, 0) is 11.3 Å². The van der Waals surface area contributed by atoms with Crippen LogP contribution in [0.2, 0.25) is 0 Å². The first-order chi connectivity index (χ1) is 7.27. The maximum Gasteiger partial charge on any atom is 0.135 e. The predicted octanol–water partition coefficient (Wildman–Crippen LogP) is 2.68. The highest BCUT2D eigenvalue weighted by molar-refractivity contribution is 7.10. The summed E-state index contributed by atoms with van der Waals surface area (Å²) in [6.07, 6.45) is 2.54. The summed E-state index contributed by atoms with van der Waals surface area (Å²) in [4.78, 5) is 0. The van der Waals surface area contributed by atoms with Crippen LogP contribution in [0, 0.1) is 0 Å². The highest BCUT2D eigenvalue weighted by atomic mass is 32.1. The molecule has 5 heteroatoms. The van der Waals surface area contributed by atoms with Gasteiger partial charge in [-0.1, -0.05) is 17.8 Å². The summed E-state index contributed by atoms with van der Waals surface area (Å²) >= 11 is 1.39.